The quantitative estimate of drug-likeness (QED) is 0.646. The Morgan fingerprint density at radius 2 is 2.21 bits per heavy atom. The van der Waals surface area contributed by atoms with E-state index in [0.29, 0.717) is 13.0 Å². The average molecular weight is 292 g/mol. The summed E-state index contributed by atoms with van der Waals surface area (Å²) in [5.74, 6) is 0.125. The number of rotatable bonds is 7. The van der Waals surface area contributed by atoms with E-state index < -0.39 is 15.9 Å². The van der Waals surface area contributed by atoms with Crippen LogP contribution in [-0.2, 0) is 19.4 Å². The van der Waals surface area contributed by atoms with Crippen molar-refractivity contribution in [1.82, 2.24) is 10.2 Å². The van der Waals surface area contributed by atoms with Gasteiger partial charge in [-0.15, -0.1) is 0 Å². The highest BCUT2D eigenvalue weighted by molar-refractivity contribution is 7.91. The average Bonchev–Trinajstić information content (AvgIpc) is 2.73. The topological polar surface area (TPSA) is 75.7 Å². The number of esters is 1. The molecule has 6 nitrogen and oxygen atoms in total. The van der Waals surface area contributed by atoms with Gasteiger partial charge in [0.1, 0.15) is 6.04 Å². The molecule has 0 aromatic heterocycles. The van der Waals surface area contributed by atoms with E-state index in [1.165, 1.54) is 7.11 Å². The normalized spacial score (nSPS) is 23.5. The molecule has 1 rings (SSSR count). The van der Waals surface area contributed by atoms with E-state index in [-0.39, 0.29) is 23.5 Å². The van der Waals surface area contributed by atoms with Gasteiger partial charge in [0.15, 0.2) is 9.84 Å². The van der Waals surface area contributed by atoms with Crippen molar-refractivity contribution in [1.29, 1.82) is 0 Å². The Labute approximate surface area is 115 Å². The van der Waals surface area contributed by atoms with Crippen LogP contribution in [0.4, 0.5) is 0 Å². The van der Waals surface area contributed by atoms with Crippen LogP contribution in [0, 0.1) is 0 Å². The molecule has 0 radical (unpaired) electrons. The molecule has 1 saturated heterocycles. The second-order valence-electron chi connectivity index (χ2n) is 5.03. The highest BCUT2D eigenvalue weighted by atomic mass is 32.2. The first-order valence-electron chi connectivity index (χ1n) is 6.61. The summed E-state index contributed by atoms with van der Waals surface area (Å²) in [7, 11) is 0.323. The number of hydrogen-bond acceptors (Lipinski definition) is 6. The van der Waals surface area contributed by atoms with Gasteiger partial charge in [0.05, 0.1) is 18.6 Å². The van der Waals surface area contributed by atoms with Gasteiger partial charge in [-0.1, -0.05) is 6.92 Å². The highest BCUT2D eigenvalue weighted by Crippen LogP contribution is 2.16. The molecule has 7 heteroatoms. The Balaban J connectivity index is 2.55. The van der Waals surface area contributed by atoms with Gasteiger partial charge in [-0.05, 0) is 26.4 Å². The lowest BCUT2D eigenvalue weighted by atomic mass is 10.2. The molecule has 1 aliphatic rings. The first-order chi connectivity index (χ1) is 8.89. The summed E-state index contributed by atoms with van der Waals surface area (Å²) in [6.45, 7) is 3.22. The van der Waals surface area contributed by atoms with Gasteiger partial charge in [-0.3, -0.25) is 4.79 Å². The third kappa shape index (κ3) is 5.08. The smallest absolute Gasteiger partial charge is 0.324 e. The largest absolute Gasteiger partial charge is 0.468 e. The van der Waals surface area contributed by atoms with Gasteiger partial charge in [-0.2, -0.15) is 0 Å². The zero-order valence-electron chi connectivity index (χ0n) is 11.9. The van der Waals surface area contributed by atoms with Gasteiger partial charge >= 0.3 is 5.97 Å². The summed E-state index contributed by atoms with van der Waals surface area (Å²) in [6, 6.07) is -0.404. The van der Waals surface area contributed by atoms with Gasteiger partial charge in [0, 0.05) is 12.6 Å². The minimum Gasteiger partial charge on any atom is -0.468 e. The molecular formula is C12H24N2O4S. The minimum absolute atomic E-state index is 0.000539. The first kappa shape index (κ1) is 16.4. The van der Waals surface area contributed by atoms with Crippen molar-refractivity contribution < 1.29 is 17.9 Å². The van der Waals surface area contributed by atoms with Crippen molar-refractivity contribution in [3.8, 4) is 0 Å². The third-order valence-electron chi connectivity index (χ3n) is 3.43. The minimum atomic E-state index is -2.90. The second-order valence-corrected chi connectivity index (χ2v) is 7.26. The van der Waals surface area contributed by atoms with Gasteiger partial charge in [0.25, 0.3) is 0 Å². The molecule has 0 aromatic carbocycles. The van der Waals surface area contributed by atoms with E-state index in [1.807, 2.05) is 18.9 Å². The maximum atomic E-state index is 11.7. The molecule has 1 fully saturated rings. The summed E-state index contributed by atoms with van der Waals surface area (Å²) >= 11 is 0. The lowest BCUT2D eigenvalue weighted by Gasteiger charge is -2.27. The van der Waals surface area contributed by atoms with E-state index in [0.717, 1.165) is 13.0 Å². The van der Waals surface area contributed by atoms with Crippen LogP contribution < -0.4 is 5.32 Å². The second kappa shape index (κ2) is 7.21. The molecule has 0 aromatic rings. The number of nitrogens with zero attached hydrogens (tertiary/aromatic N) is 1. The zero-order chi connectivity index (χ0) is 14.5. The molecule has 0 amide bonds. The van der Waals surface area contributed by atoms with Crippen LogP contribution in [0.1, 0.15) is 19.8 Å². The summed E-state index contributed by atoms with van der Waals surface area (Å²) in [4.78, 5) is 13.6. The van der Waals surface area contributed by atoms with Gasteiger partial charge in [0.2, 0.25) is 0 Å². The van der Waals surface area contributed by atoms with Crippen molar-refractivity contribution in [3.63, 3.8) is 0 Å². The van der Waals surface area contributed by atoms with Crippen molar-refractivity contribution in [2.75, 3.05) is 38.8 Å². The zero-order valence-corrected chi connectivity index (χ0v) is 12.7. The van der Waals surface area contributed by atoms with Crippen LogP contribution in [0.15, 0.2) is 0 Å². The predicted molar refractivity (Wildman–Crippen MR) is 73.8 cm³/mol. The SMILES string of the molecule is CCCNC(CN(C)C1CCS(=O)(=O)C1)C(=O)OC. The maximum Gasteiger partial charge on any atom is 0.324 e. The van der Waals surface area contributed by atoms with Crippen LogP contribution in [0.25, 0.3) is 0 Å². The lowest BCUT2D eigenvalue weighted by molar-refractivity contribution is -0.143. The van der Waals surface area contributed by atoms with Crippen LogP contribution in [0.2, 0.25) is 0 Å². The summed E-state index contributed by atoms with van der Waals surface area (Å²) < 4.78 is 27.7. The molecule has 0 saturated carbocycles. The third-order valence-corrected chi connectivity index (χ3v) is 5.18. The van der Waals surface area contributed by atoms with Gasteiger partial charge in [-0.25, -0.2) is 8.42 Å². The molecule has 19 heavy (non-hydrogen) atoms. The molecule has 1 heterocycles. The summed E-state index contributed by atoms with van der Waals surface area (Å²) in [6.07, 6.45) is 1.57. The number of nitrogens with one attached hydrogen (secondary N) is 1. The number of hydrogen-bond donors (Lipinski definition) is 1. The number of sulfone groups is 1. The lowest BCUT2D eigenvalue weighted by Crippen LogP contribution is -2.48. The van der Waals surface area contributed by atoms with Crippen LogP contribution in [0.3, 0.4) is 0 Å². The van der Waals surface area contributed by atoms with E-state index in [4.69, 9.17) is 4.74 Å². The Morgan fingerprint density at radius 1 is 1.53 bits per heavy atom. The Kier molecular flexibility index (Phi) is 6.22. The maximum absolute atomic E-state index is 11.7. The summed E-state index contributed by atoms with van der Waals surface area (Å²) in [5, 5.41) is 3.13. The number of methoxy groups -OCH3 is 1. The molecule has 0 spiro atoms. The van der Waals surface area contributed by atoms with Crippen LogP contribution in [-0.4, -0.2) is 70.1 Å². The first-order valence-corrected chi connectivity index (χ1v) is 8.43. The van der Waals surface area contributed by atoms with E-state index in [2.05, 4.69) is 5.32 Å². The predicted octanol–water partition coefficient (Wildman–Crippen LogP) is -0.353. The standard InChI is InChI=1S/C12H24N2O4S/c1-4-6-13-11(12(15)18-3)8-14(2)10-5-7-19(16,17)9-10/h10-11,13H,4-9H2,1-3H3. The number of carbonyl (C=O) groups excluding carboxylic acids is 1. The molecule has 0 bridgehead atoms. The molecule has 2 atom stereocenters. The molecule has 1 N–H and O–H groups in total. The number of ether oxygens (including phenoxy) is 1. The van der Waals surface area contributed by atoms with E-state index in [1.54, 1.807) is 0 Å². The van der Waals surface area contributed by atoms with Crippen molar-refractivity contribution in [2.45, 2.75) is 31.8 Å². The Bertz CT molecular complexity index is 397. The van der Waals surface area contributed by atoms with Crippen LogP contribution >= 0.6 is 0 Å². The van der Waals surface area contributed by atoms with E-state index in [9.17, 15) is 13.2 Å². The fourth-order valence-corrected chi connectivity index (χ4v) is 4.05. The fraction of sp³-hybridized carbons (Fsp3) is 0.917. The van der Waals surface area contributed by atoms with Crippen LogP contribution in [0.5, 0.6) is 0 Å². The Morgan fingerprint density at radius 3 is 2.68 bits per heavy atom. The Hall–Kier alpha value is -0.660. The van der Waals surface area contributed by atoms with Gasteiger partial charge < -0.3 is 15.0 Å². The van der Waals surface area contributed by atoms with Crippen molar-refractivity contribution in [2.24, 2.45) is 0 Å². The summed E-state index contributed by atoms with van der Waals surface area (Å²) in [5.41, 5.74) is 0. The number of likely N-dealkylation sites (N-methyl/N-ethyl adjacent to an activating group) is 1. The molecular weight excluding hydrogens is 268 g/mol. The molecule has 1 aliphatic heterocycles. The number of carbonyl (C=O) groups is 1. The van der Waals surface area contributed by atoms with Crippen molar-refractivity contribution >= 4 is 15.8 Å². The van der Waals surface area contributed by atoms with E-state index >= 15 is 0 Å². The molecule has 2 unspecified atom stereocenters. The highest BCUT2D eigenvalue weighted by Gasteiger charge is 2.32. The monoisotopic (exact) mass is 292 g/mol. The molecule has 112 valence electrons. The fourth-order valence-electron chi connectivity index (χ4n) is 2.24. The molecule has 0 aliphatic carbocycles. The van der Waals surface area contributed by atoms with Crippen molar-refractivity contribution in [3.05, 3.63) is 0 Å².